The Labute approximate surface area is 141 Å². The number of hydrogen-bond acceptors (Lipinski definition) is 9. The predicted molar refractivity (Wildman–Crippen MR) is 87.5 cm³/mol. The van der Waals surface area contributed by atoms with Crippen LogP contribution in [-0.4, -0.2) is 46.5 Å². The van der Waals surface area contributed by atoms with E-state index in [0.717, 1.165) is 17.0 Å². The number of ether oxygens (including phenoxy) is 3. The summed E-state index contributed by atoms with van der Waals surface area (Å²) in [5.74, 6) is 1.61. The Morgan fingerprint density at radius 2 is 2.29 bits per heavy atom. The number of aromatic nitrogens is 3. The molecule has 24 heavy (non-hydrogen) atoms. The smallest absolute Gasteiger partial charge is 0.316 e. The van der Waals surface area contributed by atoms with Gasteiger partial charge in [0, 0.05) is 5.56 Å². The van der Waals surface area contributed by atoms with Crippen LogP contribution in [0.2, 0.25) is 0 Å². The van der Waals surface area contributed by atoms with Crippen LogP contribution in [0.25, 0.3) is 0 Å². The van der Waals surface area contributed by atoms with E-state index in [1.807, 2.05) is 25.1 Å². The third-order valence-corrected chi connectivity index (χ3v) is 3.95. The predicted octanol–water partition coefficient (Wildman–Crippen LogP) is 1.63. The lowest BCUT2D eigenvalue weighted by atomic mass is 10.1. The van der Waals surface area contributed by atoms with Gasteiger partial charge in [0.25, 0.3) is 0 Å². The van der Waals surface area contributed by atoms with Crippen molar-refractivity contribution in [3.8, 4) is 11.5 Å². The van der Waals surface area contributed by atoms with E-state index in [9.17, 15) is 4.79 Å². The van der Waals surface area contributed by atoms with Crippen molar-refractivity contribution in [3.63, 3.8) is 0 Å². The number of methoxy groups -OCH3 is 1. The van der Waals surface area contributed by atoms with Crippen LogP contribution in [-0.2, 0) is 9.53 Å². The van der Waals surface area contributed by atoms with Gasteiger partial charge in [0.1, 0.15) is 0 Å². The Balaban J connectivity index is 1.61. The minimum atomic E-state index is -0.337. The minimum absolute atomic E-state index is 0.146. The van der Waals surface area contributed by atoms with Crippen LogP contribution in [0.5, 0.6) is 11.5 Å². The van der Waals surface area contributed by atoms with E-state index in [1.165, 1.54) is 18.9 Å². The second kappa shape index (κ2) is 7.21. The number of carbonyl (C=O) groups is 1. The lowest BCUT2D eigenvalue weighted by molar-refractivity contribution is -0.137. The summed E-state index contributed by atoms with van der Waals surface area (Å²) in [6.07, 6.45) is 0. The number of carbonyl (C=O) groups excluding carboxylic acids is 1. The molecule has 0 amide bonds. The van der Waals surface area contributed by atoms with Crippen molar-refractivity contribution in [3.05, 3.63) is 23.8 Å². The Morgan fingerprint density at radius 3 is 3.12 bits per heavy atom. The van der Waals surface area contributed by atoms with Gasteiger partial charge < -0.3 is 14.2 Å². The molecule has 126 valence electrons. The zero-order chi connectivity index (χ0) is 16.9. The highest BCUT2D eigenvalue weighted by Crippen LogP contribution is 2.32. The molecule has 0 fully saturated rings. The number of fused-ring (bicyclic) bond motifs is 1. The molecule has 1 aromatic heterocycles. The number of H-pyrrole nitrogens is 1. The number of nitrogens with one attached hydrogen (secondary N) is 2. The standard InChI is InChI=1S/C14H15N5O4S/c1-8(9-3-4-10-11(5-9)23-7-22-10)16-17-13-15-14(19-18-13)24-6-12(20)21-2/h3-5H,6-7H2,1-2H3,(H2,15,17,18,19)/b16-8-. The maximum atomic E-state index is 11.1. The largest absolute Gasteiger partial charge is 0.468 e. The molecule has 2 N–H and O–H groups in total. The van der Waals surface area contributed by atoms with Crippen LogP contribution < -0.4 is 14.9 Å². The summed E-state index contributed by atoms with van der Waals surface area (Å²) in [7, 11) is 1.33. The fourth-order valence-corrected chi connectivity index (χ4v) is 2.50. The monoisotopic (exact) mass is 349 g/mol. The highest BCUT2D eigenvalue weighted by molar-refractivity contribution is 7.99. The van der Waals surface area contributed by atoms with Gasteiger partial charge in [0.15, 0.2) is 11.5 Å². The van der Waals surface area contributed by atoms with Crippen LogP contribution in [0.4, 0.5) is 5.95 Å². The number of esters is 1. The van der Waals surface area contributed by atoms with Crippen LogP contribution >= 0.6 is 11.8 Å². The molecule has 1 aliphatic rings. The number of hydrazone groups is 1. The van der Waals surface area contributed by atoms with Gasteiger partial charge in [-0.15, -0.1) is 5.10 Å². The SMILES string of the molecule is COC(=O)CSc1n[nH]c(N/N=C(/C)c2ccc3c(c2)OCO3)n1. The number of hydrogen-bond donors (Lipinski definition) is 2. The first-order valence-corrected chi connectivity index (χ1v) is 7.96. The molecule has 10 heteroatoms. The number of anilines is 1. The Morgan fingerprint density at radius 1 is 1.46 bits per heavy atom. The highest BCUT2D eigenvalue weighted by Gasteiger charge is 2.14. The third kappa shape index (κ3) is 3.77. The van der Waals surface area contributed by atoms with Gasteiger partial charge in [-0.05, 0) is 25.1 Å². The topological polar surface area (TPSA) is 111 Å². The summed E-state index contributed by atoms with van der Waals surface area (Å²) in [6.45, 7) is 2.09. The summed E-state index contributed by atoms with van der Waals surface area (Å²) in [5.41, 5.74) is 4.43. The summed E-state index contributed by atoms with van der Waals surface area (Å²) < 4.78 is 15.2. The number of benzene rings is 1. The van der Waals surface area contributed by atoms with Gasteiger partial charge in [-0.25, -0.2) is 10.5 Å². The van der Waals surface area contributed by atoms with E-state index in [2.05, 4.69) is 30.4 Å². The fraction of sp³-hybridized carbons (Fsp3) is 0.286. The summed E-state index contributed by atoms with van der Waals surface area (Å²) in [6, 6.07) is 5.60. The lowest BCUT2D eigenvalue weighted by Gasteiger charge is -2.02. The summed E-state index contributed by atoms with van der Waals surface area (Å²) in [4.78, 5) is 15.2. The van der Waals surface area contributed by atoms with Gasteiger partial charge in [-0.3, -0.25) is 4.79 Å². The van der Waals surface area contributed by atoms with Crippen molar-refractivity contribution < 1.29 is 19.0 Å². The van der Waals surface area contributed by atoms with Crippen molar-refractivity contribution in [2.75, 3.05) is 25.1 Å². The maximum Gasteiger partial charge on any atom is 0.316 e. The van der Waals surface area contributed by atoms with Crippen LogP contribution in [0.3, 0.4) is 0 Å². The zero-order valence-corrected chi connectivity index (χ0v) is 13.8. The van der Waals surface area contributed by atoms with Crippen LogP contribution in [0.15, 0.2) is 28.5 Å². The normalized spacial score (nSPS) is 13.0. The van der Waals surface area contributed by atoms with Crippen molar-refractivity contribution in [2.24, 2.45) is 5.10 Å². The van der Waals surface area contributed by atoms with E-state index in [0.29, 0.717) is 16.9 Å². The fourth-order valence-electron chi connectivity index (χ4n) is 1.87. The molecule has 0 saturated heterocycles. The van der Waals surface area contributed by atoms with Gasteiger partial charge in [-0.2, -0.15) is 10.1 Å². The molecule has 0 bridgehead atoms. The second-order valence-corrected chi connectivity index (χ2v) is 5.65. The van der Waals surface area contributed by atoms with Crippen LogP contribution in [0, 0.1) is 0 Å². The Bertz CT molecular complexity index is 776. The minimum Gasteiger partial charge on any atom is -0.468 e. The molecule has 0 aliphatic carbocycles. The molecule has 2 heterocycles. The number of nitrogens with zero attached hydrogens (tertiary/aromatic N) is 3. The molecule has 2 aromatic rings. The summed E-state index contributed by atoms with van der Waals surface area (Å²) >= 11 is 1.17. The number of rotatable bonds is 6. The van der Waals surface area contributed by atoms with Gasteiger partial charge >= 0.3 is 5.97 Å². The molecule has 0 spiro atoms. The molecule has 0 radical (unpaired) electrons. The first-order chi connectivity index (χ1) is 11.7. The average molecular weight is 349 g/mol. The van der Waals surface area contributed by atoms with Crippen LogP contribution in [0.1, 0.15) is 12.5 Å². The first kappa shape index (κ1) is 16.1. The summed E-state index contributed by atoms with van der Waals surface area (Å²) in [5, 5.41) is 11.4. The quantitative estimate of drug-likeness (QED) is 0.350. The van der Waals surface area contributed by atoms with Crippen molar-refractivity contribution >= 4 is 29.4 Å². The van der Waals surface area contributed by atoms with E-state index < -0.39 is 0 Å². The Kier molecular flexibility index (Phi) is 4.85. The maximum absolute atomic E-state index is 11.1. The molecule has 3 rings (SSSR count). The molecular formula is C14H15N5O4S. The third-order valence-electron chi connectivity index (χ3n) is 3.13. The van der Waals surface area contributed by atoms with Crippen molar-refractivity contribution in [2.45, 2.75) is 12.1 Å². The number of aromatic amines is 1. The molecule has 0 saturated carbocycles. The second-order valence-electron chi connectivity index (χ2n) is 4.71. The molecule has 1 aromatic carbocycles. The van der Waals surface area contributed by atoms with E-state index in [1.54, 1.807) is 0 Å². The zero-order valence-electron chi connectivity index (χ0n) is 13.0. The molecule has 0 atom stereocenters. The van der Waals surface area contributed by atoms with Gasteiger partial charge in [-0.1, -0.05) is 11.8 Å². The Hall–Kier alpha value is -2.75. The molecule has 0 unspecified atom stereocenters. The lowest BCUT2D eigenvalue weighted by Crippen LogP contribution is -2.03. The van der Waals surface area contributed by atoms with E-state index in [4.69, 9.17) is 9.47 Å². The van der Waals surface area contributed by atoms with E-state index in [-0.39, 0.29) is 18.5 Å². The van der Waals surface area contributed by atoms with Crippen molar-refractivity contribution in [1.82, 2.24) is 15.2 Å². The highest BCUT2D eigenvalue weighted by atomic mass is 32.2. The van der Waals surface area contributed by atoms with E-state index >= 15 is 0 Å². The number of thioether (sulfide) groups is 1. The average Bonchev–Trinajstić information content (AvgIpc) is 3.25. The molecule has 9 nitrogen and oxygen atoms in total. The molecular weight excluding hydrogens is 334 g/mol. The van der Waals surface area contributed by atoms with Gasteiger partial charge in [0.05, 0.1) is 18.6 Å². The molecule has 1 aliphatic heterocycles. The van der Waals surface area contributed by atoms with Gasteiger partial charge in [0.2, 0.25) is 17.9 Å². The van der Waals surface area contributed by atoms with Crippen molar-refractivity contribution in [1.29, 1.82) is 0 Å². The first-order valence-electron chi connectivity index (χ1n) is 6.98.